The van der Waals surface area contributed by atoms with Gasteiger partial charge in [-0.1, -0.05) is 6.92 Å². The van der Waals surface area contributed by atoms with Gasteiger partial charge in [0.15, 0.2) is 5.78 Å². The molecule has 0 aliphatic rings. The summed E-state index contributed by atoms with van der Waals surface area (Å²) in [5.41, 5.74) is 0.736. The van der Waals surface area contributed by atoms with E-state index in [4.69, 9.17) is 0 Å². The monoisotopic (exact) mass is 228 g/mol. The van der Waals surface area contributed by atoms with Gasteiger partial charge >= 0.3 is 0 Å². The van der Waals surface area contributed by atoms with E-state index in [-0.39, 0.29) is 10.7 Å². The van der Waals surface area contributed by atoms with E-state index in [0.29, 0.717) is 17.5 Å². The van der Waals surface area contributed by atoms with Gasteiger partial charge in [0.2, 0.25) is 0 Å². The van der Waals surface area contributed by atoms with Gasteiger partial charge < -0.3 is 0 Å². The number of carbonyl (C=O) groups is 1. The molecule has 0 aliphatic carbocycles. The van der Waals surface area contributed by atoms with Crippen molar-refractivity contribution in [2.24, 2.45) is 0 Å². The Kier molecular flexibility index (Phi) is 3.74. The van der Waals surface area contributed by atoms with Crippen molar-refractivity contribution in [1.29, 1.82) is 0 Å². The zero-order chi connectivity index (χ0) is 11.6. The molecular formula is C11H13FO2S. The van der Waals surface area contributed by atoms with E-state index in [0.717, 1.165) is 0 Å². The van der Waals surface area contributed by atoms with Crippen LogP contribution < -0.4 is 0 Å². The van der Waals surface area contributed by atoms with Crippen LogP contribution in [0.4, 0.5) is 4.39 Å². The zero-order valence-corrected chi connectivity index (χ0v) is 9.78. The molecule has 0 amide bonds. The molecule has 1 rings (SSSR count). The fourth-order valence-corrected chi connectivity index (χ4v) is 2.13. The van der Waals surface area contributed by atoms with Crippen molar-refractivity contribution >= 4 is 16.6 Å². The molecule has 82 valence electrons. The van der Waals surface area contributed by atoms with Crippen LogP contribution in [0.2, 0.25) is 0 Å². The molecular weight excluding hydrogens is 215 g/mol. The van der Waals surface area contributed by atoms with Gasteiger partial charge in [0.1, 0.15) is 5.82 Å². The van der Waals surface area contributed by atoms with Crippen LogP contribution in [0.1, 0.15) is 29.8 Å². The van der Waals surface area contributed by atoms with Crippen molar-refractivity contribution in [2.45, 2.75) is 25.2 Å². The number of carbonyl (C=O) groups excluding carboxylic acids is 1. The number of halogens is 1. The second-order valence-corrected chi connectivity index (χ2v) is 4.62. The Morgan fingerprint density at radius 1 is 1.47 bits per heavy atom. The molecule has 1 unspecified atom stereocenters. The largest absolute Gasteiger partial charge is 0.294 e. The molecule has 0 heterocycles. The summed E-state index contributed by atoms with van der Waals surface area (Å²) in [4.78, 5) is 11.4. The molecule has 1 atom stereocenters. The summed E-state index contributed by atoms with van der Waals surface area (Å²) in [7, 11) is -1.36. The Labute approximate surface area is 91.0 Å². The zero-order valence-electron chi connectivity index (χ0n) is 8.96. The second-order valence-electron chi connectivity index (χ2n) is 3.27. The second kappa shape index (κ2) is 4.66. The van der Waals surface area contributed by atoms with E-state index in [1.165, 1.54) is 19.2 Å². The number of rotatable bonds is 3. The van der Waals surface area contributed by atoms with Crippen molar-refractivity contribution in [3.63, 3.8) is 0 Å². The lowest BCUT2D eigenvalue weighted by Gasteiger charge is -2.08. The average Bonchev–Trinajstić information content (AvgIpc) is 2.16. The van der Waals surface area contributed by atoms with Gasteiger partial charge in [-0.3, -0.25) is 9.00 Å². The highest BCUT2D eigenvalue weighted by Gasteiger charge is 2.16. The van der Waals surface area contributed by atoms with E-state index in [1.807, 2.05) is 0 Å². The number of hydrogen-bond acceptors (Lipinski definition) is 2. The summed E-state index contributed by atoms with van der Waals surface area (Å²) in [6, 6.07) is 2.96. The van der Waals surface area contributed by atoms with E-state index >= 15 is 0 Å². The molecule has 0 N–H and O–H groups in total. The molecule has 0 aromatic heterocycles. The first-order valence-corrected chi connectivity index (χ1v) is 6.20. The van der Waals surface area contributed by atoms with Crippen LogP contribution in [0.25, 0.3) is 0 Å². The van der Waals surface area contributed by atoms with Gasteiger partial charge in [-0.25, -0.2) is 4.39 Å². The fourth-order valence-electron chi connectivity index (χ4n) is 1.50. The topological polar surface area (TPSA) is 34.1 Å². The maximum absolute atomic E-state index is 13.8. The third-order valence-electron chi connectivity index (χ3n) is 2.25. The molecule has 1 aromatic rings. The Morgan fingerprint density at radius 2 is 2.07 bits per heavy atom. The van der Waals surface area contributed by atoms with Crippen molar-refractivity contribution < 1.29 is 13.4 Å². The molecule has 0 aliphatic heterocycles. The Hall–Kier alpha value is -1.03. The van der Waals surface area contributed by atoms with Crippen LogP contribution in [0.3, 0.4) is 0 Å². The number of Topliss-reactive ketones (excluding diaryl/α,β-unsaturated/α-hetero) is 1. The minimum atomic E-state index is -1.36. The number of ketones is 1. The molecule has 0 bridgehead atoms. The van der Waals surface area contributed by atoms with Crippen molar-refractivity contribution in [2.75, 3.05) is 6.26 Å². The van der Waals surface area contributed by atoms with Crippen molar-refractivity contribution in [1.82, 2.24) is 0 Å². The van der Waals surface area contributed by atoms with Crippen LogP contribution in [0.5, 0.6) is 0 Å². The van der Waals surface area contributed by atoms with Crippen molar-refractivity contribution in [3.05, 3.63) is 29.1 Å². The first kappa shape index (κ1) is 12.0. The van der Waals surface area contributed by atoms with Crippen molar-refractivity contribution in [3.8, 4) is 0 Å². The molecule has 15 heavy (non-hydrogen) atoms. The third kappa shape index (κ3) is 2.31. The molecule has 4 heteroatoms. The highest BCUT2D eigenvalue weighted by atomic mass is 32.2. The molecule has 0 spiro atoms. The lowest BCUT2D eigenvalue weighted by atomic mass is 10.0. The molecule has 0 fully saturated rings. The molecule has 0 radical (unpaired) electrons. The minimum Gasteiger partial charge on any atom is -0.294 e. The number of benzene rings is 1. The molecule has 2 nitrogen and oxygen atoms in total. The number of hydrogen-bond donors (Lipinski definition) is 0. The summed E-state index contributed by atoms with van der Waals surface area (Å²) in [5.74, 6) is -0.676. The predicted molar refractivity (Wildman–Crippen MR) is 58.1 cm³/mol. The fraction of sp³-hybridized carbons (Fsp3) is 0.364. The summed E-state index contributed by atoms with van der Waals surface area (Å²) in [6.07, 6.45) is 1.84. The SMILES string of the molecule is CCc1c(C(C)=O)ccc(S(C)=O)c1F. The summed E-state index contributed by atoms with van der Waals surface area (Å²) >= 11 is 0. The predicted octanol–water partition coefficient (Wildman–Crippen LogP) is 2.33. The van der Waals surface area contributed by atoms with Crippen LogP contribution in [-0.2, 0) is 17.2 Å². The van der Waals surface area contributed by atoms with Gasteiger partial charge in [0.05, 0.1) is 15.7 Å². The molecule has 1 aromatic carbocycles. The van der Waals surface area contributed by atoms with E-state index in [9.17, 15) is 13.4 Å². The summed E-state index contributed by atoms with van der Waals surface area (Å²) in [6.45, 7) is 3.17. The van der Waals surface area contributed by atoms with Gasteiger partial charge in [-0.15, -0.1) is 0 Å². The van der Waals surface area contributed by atoms with Gasteiger partial charge in [-0.2, -0.15) is 0 Å². The maximum Gasteiger partial charge on any atom is 0.160 e. The smallest absolute Gasteiger partial charge is 0.160 e. The Balaban J connectivity index is 3.45. The highest BCUT2D eigenvalue weighted by Crippen LogP contribution is 2.21. The van der Waals surface area contributed by atoms with Crippen LogP contribution in [-0.4, -0.2) is 16.2 Å². The standard InChI is InChI=1S/C11H13FO2S/c1-4-8-9(7(2)13)5-6-10(11(8)12)15(3)14/h5-6H,4H2,1-3H3. The molecule has 0 saturated heterocycles. The van der Waals surface area contributed by atoms with Gasteiger partial charge in [-0.05, 0) is 31.0 Å². The summed E-state index contributed by atoms with van der Waals surface area (Å²) < 4.78 is 25.0. The van der Waals surface area contributed by atoms with Crippen LogP contribution in [0, 0.1) is 5.82 Å². The Morgan fingerprint density at radius 3 is 2.47 bits per heavy atom. The first-order valence-electron chi connectivity index (χ1n) is 4.64. The van der Waals surface area contributed by atoms with E-state index < -0.39 is 16.6 Å². The Bertz CT molecular complexity index is 427. The van der Waals surface area contributed by atoms with Gasteiger partial charge in [0.25, 0.3) is 0 Å². The van der Waals surface area contributed by atoms with E-state index in [2.05, 4.69) is 0 Å². The van der Waals surface area contributed by atoms with Gasteiger partial charge in [0, 0.05) is 11.8 Å². The minimum absolute atomic E-state index is 0.164. The van der Waals surface area contributed by atoms with E-state index in [1.54, 1.807) is 13.0 Å². The normalized spacial score (nSPS) is 12.5. The quantitative estimate of drug-likeness (QED) is 0.744. The lowest BCUT2D eigenvalue weighted by molar-refractivity contribution is 0.101. The maximum atomic E-state index is 13.8. The first-order chi connectivity index (χ1) is 6.99. The molecule has 0 saturated carbocycles. The summed E-state index contributed by atoms with van der Waals surface area (Å²) in [5, 5.41) is 0. The third-order valence-corrected chi connectivity index (χ3v) is 3.18. The highest BCUT2D eigenvalue weighted by molar-refractivity contribution is 7.84. The van der Waals surface area contributed by atoms with Crippen LogP contribution in [0.15, 0.2) is 17.0 Å². The van der Waals surface area contributed by atoms with Crippen LogP contribution >= 0.6 is 0 Å². The lowest BCUT2D eigenvalue weighted by Crippen LogP contribution is -2.05. The average molecular weight is 228 g/mol.